The van der Waals surface area contributed by atoms with E-state index in [4.69, 9.17) is 15.2 Å². The maximum atomic E-state index is 12.5. The maximum absolute atomic E-state index is 12.5. The van der Waals surface area contributed by atoms with Crippen LogP contribution in [-0.2, 0) is 17.8 Å². The Labute approximate surface area is 193 Å². The zero-order chi connectivity index (χ0) is 24.3. The summed E-state index contributed by atoms with van der Waals surface area (Å²) in [5.41, 5.74) is 7.44. The van der Waals surface area contributed by atoms with E-state index in [0.717, 1.165) is 23.4 Å². The van der Waals surface area contributed by atoms with E-state index in [1.807, 2.05) is 0 Å². The number of fused-ring (bicyclic) bond motifs is 1. The second-order valence-electron chi connectivity index (χ2n) is 8.25. The van der Waals surface area contributed by atoms with Crippen LogP contribution in [0.1, 0.15) is 57.7 Å². The smallest absolute Gasteiger partial charge is 0.474 e. The number of aromatic nitrogens is 1. The van der Waals surface area contributed by atoms with Gasteiger partial charge in [-0.2, -0.15) is 0 Å². The number of carbonyl (C=O) groups excluding carboxylic acids is 2. The molecule has 2 heterocycles. The summed E-state index contributed by atoms with van der Waals surface area (Å²) < 4.78 is 52.6. The van der Waals surface area contributed by atoms with Crippen molar-refractivity contribution in [3.05, 3.63) is 52.7 Å². The zero-order valence-corrected chi connectivity index (χ0v) is 18.2. The van der Waals surface area contributed by atoms with Gasteiger partial charge in [-0.25, -0.2) is 4.98 Å². The number of nitrogens with two attached hydrogens (primary N) is 1. The number of ether oxygens (including phenoxy) is 3. The van der Waals surface area contributed by atoms with Crippen molar-refractivity contribution in [2.75, 3.05) is 6.61 Å². The SMILES string of the molecule is NC(=O)c1cc2c(nc1O[C@H]1CC[C@H](NC(=O)c3cccc(OC(F)(F)F)c3)CC1)CCOC2. The molecule has 0 atom stereocenters. The molecular formula is C23H24F3N3O5. The van der Waals surface area contributed by atoms with Crippen molar-refractivity contribution in [3.8, 4) is 11.6 Å². The third-order valence-electron chi connectivity index (χ3n) is 5.78. The lowest BCUT2D eigenvalue weighted by Gasteiger charge is -2.30. The molecule has 4 rings (SSSR count). The second kappa shape index (κ2) is 9.88. The van der Waals surface area contributed by atoms with Crippen molar-refractivity contribution in [2.24, 2.45) is 5.73 Å². The number of benzene rings is 1. The topological polar surface area (TPSA) is 113 Å². The summed E-state index contributed by atoms with van der Waals surface area (Å²) in [5, 5.41) is 2.85. The molecule has 1 fully saturated rings. The van der Waals surface area contributed by atoms with Gasteiger partial charge in [0.1, 0.15) is 17.4 Å². The number of amides is 2. The van der Waals surface area contributed by atoms with Crippen molar-refractivity contribution in [1.29, 1.82) is 0 Å². The van der Waals surface area contributed by atoms with Gasteiger partial charge >= 0.3 is 6.36 Å². The van der Waals surface area contributed by atoms with Crippen LogP contribution >= 0.6 is 0 Å². The summed E-state index contributed by atoms with van der Waals surface area (Å²) >= 11 is 0. The van der Waals surface area contributed by atoms with Crippen LogP contribution in [0.4, 0.5) is 13.2 Å². The predicted octanol–water partition coefficient (Wildman–Crippen LogP) is 3.27. The average Bonchev–Trinajstić information content (AvgIpc) is 2.79. The Morgan fingerprint density at radius 3 is 2.62 bits per heavy atom. The number of rotatable bonds is 6. The quantitative estimate of drug-likeness (QED) is 0.658. The fourth-order valence-electron chi connectivity index (χ4n) is 4.12. The normalized spacial score (nSPS) is 20.2. The van der Waals surface area contributed by atoms with E-state index in [0.29, 0.717) is 45.3 Å². The van der Waals surface area contributed by atoms with Gasteiger partial charge in [-0.05, 0) is 49.9 Å². The number of carbonyl (C=O) groups is 2. The van der Waals surface area contributed by atoms with Gasteiger partial charge < -0.3 is 25.3 Å². The highest BCUT2D eigenvalue weighted by Crippen LogP contribution is 2.29. The summed E-state index contributed by atoms with van der Waals surface area (Å²) in [5.74, 6) is -1.35. The predicted molar refractivity (Wildman–Crippen MR) is 113 cm³/mol. The van der Waals surface area contributed by atoms with Gasteiger partial charge in [0.15, 0.2) is 0 Å². The molecule has 2 amide bonds. The largest absolute Gasteiger partial charge is 0.573 e. The Balaban J connectivity index is 1.34. The van der Waals surface area contributed by atoms with Crippen molar-refractivity contribution in [3.63, 3.8) is 0 Å². The molecule has 2 aliphatic rings. The second-order valence-corrected chi connectivity index (χ2v) is 8.25. The number of nitrogens with zero attached hydrogens (tertiary/aromatic N) is 1. The first kappa shape index (κ1) is 23.8. The molecule has 3 N–H and O–H groups in total. The van der Waals surface area contributed by atoms with Gasteiger partial charge in [-0.1, -0.05) is 6.07 Å². The van der Waals surface area contributed by atoms with Crippen LogP contribution in [0.5, 0.6) is 11.6 Å². The highest BCUT2D eigenvalue weighted by molar-refractivity contribution is 5.95. The van der Waals surface area contributed by atoms with E-state index in [9.17, 15) is 22.8 Å². The van der Waals surface area contributed by atoms with Crippen LogP contribution in [0.15, 0.2) is 30.3 Å². The minimum absolute atomic E-state index is 0.0773. The third-order valence-corrected chi connectivity index (χ3v) is 5.78. The maximum Gasteiger partial charge on any atom is 0.573 e. The summed E-state index contributed by atoms with van der Waals surface area (Å²) in [6, 6.07) is 6.44. The Morgan fingerprint density at radius 1 is 1.15 bits per heavy atom. The molecule has 182 valence electrons. The molecule has 0 spiro atoms. The van der Waals surface area contributed by atoms with Crippen LogP contribution in [0.25, 0.3) is 0 Å². The Bertz CT molecular complexity index is 1070. The molecule has 0 unspecified atom stereocenters. The molecule has 34 heavy (non-hydrogen) atoms. The highest BCUT2D eigenvalue weighted by atomic mass is 19.4. The monoisotopic (exact) mass is 479 g/mol. The van der Waals surface area contributed by atoms with Crippen LogP contribution < -0.4 is 20.5 Å². The van der Waals surface area contributed by atoms with Gasteiger partial charge in [0, 0.05) is 23.6 Å². The van der Waals surface area contributed by atoms with Gasteiger partial charge in [0.2, 0.25) is 5.88 Å². The van der Waals surface area contributed by atoms with Crippen molar-refractivity contribution < 1.29 is 37.0 Å². The van der Waals surface area contributed by atoms with E-state index in [1.54, 1.807) is 6.07 Å². The average molecular weight is 479 g/mol. The molecule has 1 aliphatic heterocycles. The van der Waals surface area contributed by atoms with Crippen molar-refractivity contribution in [1.82, 2.24) is 10.3 Å². The number of hydrogen-bond acceptors (Lipinski definition) is 6. The first-order valence-electron chi connectivity index (χ1n) is 10.9. The Kier molecular flexibility index (Phi) is 6.92. The lowest BCUT2D eigenvalue weighted by molar-refractivity contribution is -0.274. The number of hydrogen-bond donors (Lipinski definition) is 2. The van der Waals surface area contributed by atoms with Crippen LogP contribution in [0, 0.1) is 0 Å². The molecule has 1 aromatic carbocycles. The number of primary amides is 1. The molecule has 11 heteroatoms. The number of nitrogens with one attached hydrogen (secondary N) is 1. The van der Waals surface area contributed by atoms with E-state index in [-0.39, 0.29) is 29.2 Å². The molecule has 1 saturated carbocycles. The molecule has 0 saturated heterocycles. The van der Waals surface area contributed by atoms with Crippen LogP contribution in [0.3, 0.4) is 0 Å². The summed E-state index contributed by atoms with van der Waals surface area (Å²) in [7, 11) is 0. The van der Waals surface area contributed by atoms with Crippen LogP contribution in [-0.4, -0.2) is 41.9 Å². The van der Waals surface area contributed by atoms with E-state index >= 15 is 0 Å². The van der Waals surface area contributed by atoms with Gasteiger partial charge in [0.05, 0.1) is 18.9 Å². The molecule has 2 aromatic rings. The summed E-state index contributed by atoms with van der Waals surface area (Å²) in [6.45, 7) is 0.921. The fourth-order valence-corrected chi connectivity index (χ4v) is 4.12. The summed E-state index contributed by atoms with van der Waals surface area (Å²) in [6.07, 6.45) is -2.02. The first-order chi connectivity index (χ1) is 16.2. The van der Waals surface area contributed by atoms with Crippen molar-refractivity contribution in [2.45, 2.75) is 57.2 Å². The van der Waals surface area contributed by atoms with E-state index < -0.39 is 23.9 Å². The van der Waals surface area contributed by atoms with Gasteiger partial charge in [0.25, 0.3) is 11.8 Å². The highest BCUT2D eigenvalue weighted by Gasteiger charge is 2.31. The molecule has 1 aromatic heterocycles. The number of pyridine rings is 1. The van der Waals surface area contributed by atoms with Gasteiger partial charge in [-0.3, -0.25) is 9.59 Å². The van der Waals surface area contributed by atoms with Gasteiger partial charge in [-0.15, -0.1) is 13.2 Å². The third kappa shape index (κ3) is 5.96. The Morgan fingerprint density at radius 2 is 1.91 bits per heavy atom. The van der Waals surface area contributed by atoms with Crippen molar-refractivity contribution >= 4 is 11.8 Å². The molecule has 1 aliphatic carbocycles. The lowest BCUT2D eigenvalue weighted by atomic mass is 9.92. The lowest BCUT2D eigenvalue weighted by Crippen LogP contribution is -2.40. The molecule has 0 radical (unpaired) electrons. The van der Waals surface area contributed by atoms with E-state index in [1.165, 1.54) is 12.1 Å². The molecular weight excluding hydrogens is 455 g/mol. The first-order valence-corrected chi connectivity index (χ1v) is 10.9. The molecule has 8 nitrogen and oxygen atoms in total. The Hall–Kier alpha value is -3.34. The fraction of sp³-hybridized carbons (Fsp3) is 0.435. The standard InChI is InChI=1S/C23H24F3N3O5/c24-23(25,26)34-17-3-1-2-13(10-17)21(31)28-15-4-6-16(7-5-15)33-22-18(20(27)30)11-14-12-32-9-8-19(14)29-22/h1-3,10-11,15-16H,4-9,12H2,(H2,27,30)(H,28,31)/t15-,16-. The number of halogens is 3. The molecule has 0 bridgehead atoms. The summed E-state index contributed by atoms with van der Waals surface area (Å²) in [4.78, 5) is 28.9. The minimum Gasteiger partial charge on any atom is -0.474 e. The van der Waals surface area contributed by atoms with E-state index in [2.05, 4.69) is 15.0 Å². The zero-order valence-electron chi connectivity index (χ0n) is 18.2. The number of alkyl halides is 3. The minimum atomic E-state index is -4.83. The van der Waals surface area contributed by atoms with Crippen LogP contribution in [0.2, 0.25) is 0 Å².